The third-order valence-corrected chi connectivity index (χ3v) is 3.78. The minimum Gasteiger partial charge on any atom is -0.425 e. The highest BCUT2D eigenvalue weighted by molar-refractivity contribution is 6.17. The van der Waals surface area contributed by atoms with Crippen LogP contribution in [0, 0.1) is 5.92 Å². The Morgan fingerprint density at radius 1 is 1.29 bits per heavy atom. The summed E-state index contributed by atoms with van der Waals surface area (Å²) in [7, 11) is 0. The predicted octanol–water partition coefficient (Wildman–Crippen LogP) is 3.71. The summed E-state index contributed by atoms with van der Waals surface area (Å²) in [5.74, 6) is 2.74. The fourth-order valence-corrected chi connectivity index (χ4v) is 3.15. The van der Waals surface area contributed by atoms with Gasteiger partial charge in [-0.05, 0) is 25.2 Å². The Morgan fingerprint density at radius 2 is 2.00 bits per heavy atom. The highest BCUT2D eigenvalue weighted by Gasteiger charge is 2.40. The number of hydrogen-bond donors (Lipinski definition) is 0. The van der Waals surface area contributed by atoms with Crippen LogP contribution in [-0.2, 0) is 11.8 Å². The van der Waals surface area contributed by atoms with Gasteiger partial charge < -0.3 is 4.42 Å². The van der Waals surface area contributed by atoms with Crippen LogP contribution in [0.3, 0.4) is 0 Å². The van der Waals surface area contributed by atoms with Gasteiger partial charge in [0, 0.05) is 17.7 Å². The maximum absolute atomic E-state index is 5.81. The molecule has 1 saturated carbocycles. The van der Waals surface area contributed by atoms with Crippen LogP contribution in [0.4, 0.5) is 0 Å². The van der Waals surface area contributed by atoms with Gasteiger partial charge in [-0.3, -0.25) is 0 Å². The average Bonchev–Trinajstić information content (AvgIpc) is 2.87. The first kappa shape index (κ1) is 12.9. The summed E-state index contributed by atoms with van der Waals surface area (Å²) < 4.78 is 5.81. The van der Waals surface area contributed by atoms with Crippen LogP contribution in [0.25, 0.3) is 0 Å². The molecule has 1 aliphatic rings. The van der Waals surface area contributed by atoms with Gasteiger partial charge in [0.2, 0.25) is 11.8 Å². The lowest BCUT2D eigenvalue weighted by atomic mass is 9.78. The molecule has 0 aliphatic heterocycles. The third kappa shape index (κ3) is 2.82. The Morgan fingerprint density at radius 3 is 2.59 bits per heavy atom. The Balaban J connectivity index is 2.19. The Kier molecular flexibility index (Phi) is 4.08. The topological polar surface area (TPSA) is 38.9 Å². The number of hydrogen-bond acceptors (Lipinski definition) is 3. The first-order valence-corrected chi connectivity index (χ1v) is 7.08. The molecule has 2 rings (SSSR count). The van der Waals surface area contributed by atoms with Crippen LogP contribution in [0.2, 0.25) is 0 Å². The van der Waals surface area contributed by atoms with Gasteiger partial charge in [0.05, 0.1) is 0 Å². The van der Waals surface area contributed by atoms with Crippen molar-refractivity contribution in [2.75, 3.05) is 5.88 Å². The monoisotopic (exact) mass is 256 g/mol. The van der Waals surface area contributed by atoms with E-state index in [9.17, 15) is 0 Å². The van der Waals surface area contributed by atoms with Gasteiger partial charge in [0.1, 0.15) is 0 Å². The van der Waals surface area contributed by atoms with Gasteiger partial charge in [-0.15, -0.1) is 21.8 Å². The summed E-state index contributed by atoms with van der Waals surface area (Å²) in [6, 6.07) is 0. The average molecular weight is 257 g/mol. The van der Waals surface area contributed by atoms with Crippen molar-refractivity contribution in [1.82, 2.24) is 10.2 Å². The summed E-state index contributed by atoms with van der Waals surface area (Å²) >= 11 is 5.70. The molecule has 0 unspecified atom stereocenters. The number of nitrogens with zero attached hydrogens (tertiary/aromatic N) is 2. The van der Waals surface area contributed by atoms with E-state index in [1.807, 2.05) is 0 Å². The van der Waals surface area contributed by atoms with Crippen LogP contribution in [0.1, 0.15) is 57.7 Å². The molecule has 3 nitrogen and oxygen atoms in total. The molecule has 0 amide bonds. The van der Waals surface area contributed by atoms with E-state index in [1.54, 1.807) is 0 Å². The summed E-state index contributed by atoms with van der Waals surface area (Å²) in [6.45, 7) is 4.52. The Labute approximate surface area is 108 Å². The van der Waals surface area contributed by atoms with Crippen LogP contribution < -0.4 is 0 Å². The molecule has 1 fully saturated rings. The van der Waals surface area contributed by atoms with Crippen LogP contribution in [-0.4, -0.2) is 16.1 Å². The second-order valence-corrected chi connectivity index (χ2v) is 5.90. The van der Waals surface area contributed by atoms with Crippen molar-refractivity contribution in [3.05, 3.63) is 11.8 Å². The molecule has 0 radical (unpaired) electrons. The summed E-state index contributed by atoms with van der Waals surface area (Å²) in [6.07, 6.45) is 6.75. The molecule has 0 N–H and O–H groups in total. The Bertz CT molecular complexity index is 356. The van der Waals surface area contributed by atoms with E-state index in [4.69, 9.17) is 16.0 Å². The smallest absolute Gasteiger partial charge is 0.222 e. The van der Waals surface area contributed by atoms with E-state index >= 15 is 0 Å². The van der Waals surface area contributed by atoms with Crippen molar-refractivity contribution in [1.29, 1.82) is 0 Å². The zero-order valence-electron chi connectivity index (χ0n) is 10.7. The van der Waals surface area contributed by atoms with Gasteiger partial charge in [-0.2, -0.15) is 0 Å². The van der Waals surface area contributed by atoms with Crippen molar-refractivity contribution >= 4 is 11.6 Å². The van der Waals surface area contributed by atoms with E-state index in [2.05, 4.69) is 24.0 Å². The molecular weight excluding hydrogens is 236 g/mol. The van der Waals surface area contributed by atoms with E-state index in [0.717, 1.165) is 12.3 Å². The molecule has 0 saturated heterocycles. The van der Waals surface area contributed by atoms with Crippen LogP contribution in [0.5, 0.6) is 0 Å². The zero-order valence-corrected chi connectivity index (χ0v) is 11.5. The number of aromatic nitrogens is 2. The highest BCUT2D eigenvalue weighted by atomic mass is 35.5. The van der Waals surface area contributed by atoms with E-state index < -0.39 is 0 Å². The molecule has 0 aromatic carbocycles. The second kappa shape index (κ2) is 5.38. The van der Waals surface area contributed by atoms with Crippen LogP contribution in [0.15, 0.2) is 4.42 Å². The molecule has 0 spiro atoms. The number of aryl methyl sites for hydroxylation is 1. The lowest BCUT2D eigenvalue weighted by Crippen LogP contribution is -2.24. The number of alkyl halides is 1. The van der Waals surface area contributed by atoms with Gasteiger partial charge in [0.25, 0.3) is 0 Å². The standard InChI is InChI=1S/C13H21ClN2O/c1-10(2)9-13(6-3-4-7-13)12-16-15-11(17-12)5-8-14/h10H,3-9H2,1-2H3. The van der Waals surface area contributed by atoms with Crippen LogP contribution >= 0.6 is 11.6 Å². The van der Waals surface area contributed by atoms with E-state index in [-0.39, 0.29) is 5.41 Å². The molecule has 96 valence electrons. The molecular formula is C13H21ClN2O. The minimum absolute atomic E-state index is 0.145. The molecule has 0 bridgehead atoms. The molecule has 1 aliphatic carbocycles. The third-order valence-electron chi connectivity index (χ3n) is 3.59. The van der Waals surface area contributed by atoms with Gasteiger partial charge >= 0.3 is 0 Å². The molecule has 17 heavy (non-hydrogen) atoms. The van der Waals surface area contributed by atoms with Crippen molar-refractivity contribution < 1.29 is 4.42 Å². The maximum Gasteiger partial charge on any atom is 0.222 e. The lowest BCUT2D eigenvalue weighted by Gasteiger charge is -2.26. The second-order valence-electron chi connectivity index (χ2n) is 5.53. The molecule has 1 aromatic heterocycles. The van der Waals surface area contributed by atoms with Crippen molar-refractivity contribution in [2.45, 2.75) is 57.8 Å². The molecule has 0 atom stereocenters. The van der Waals surface area contributed by atoms with Crippen molar-refractivity contribution in [2.24, 2.45) is 5.92 Å². The largest absolute Gasteiger partial charge is 0.425 e. The lowest BCUT2D eigenvalue weighted by molar-refractivity contribution is 0.268. The molecule has 4 heteroatoms. The summed E-state index contributed by atoms with van der Waals surface area (Å²) in [5.41, 5.74) is 0.145. The van der Waals surface area contributed by atoms with E-state index in [1.165, 1.54) is 25.7 Å². The van der Waals surface area contributed by atoms with Crippen molar-refractivity contribution in [3.63, 3.8) is 0 Å². The first-order valence-electron chi connectivity index (χ1n) is 6.55. The maximum atomic E-state index is 5.81. The number of rotatable bonds is 5. The quantitative estimate of drug-likeness (QED) is 0.754. The van der Waals surface area contributed by atoms with E-state index in [0.29, 0.717) is 24.1 Å². The molecule has 1 heterocycles. The molecule has 1 aromatic rings. The Hall–Kier alpha value is -0.570. The number of halogens is 1. The van der Waals surface area contributed by atoms with Gasteiger partial charge in [-0.1, -0.05) is 26.7 Å². The fraction of sp³-hybridized carbons (Fsp3) is 0.846. The van der Waals surface area contributed by atoms with Gasteiger partial charge in [0.15, 0.2) is 0 Å². The highest BCUT2D eigenvalue weighted by Crippen LogP contribution is 2.44. The minimum atomic E-state index is 0.145. The van der Waals surface area contributed by atoms with Gasteiger partial charge in [-0.25, -0.2) is 0 Å². The fourth-order valence-electron chi connectivity index (χ4n) is 2.99. The summed E-state index contributed by atoms with van der Waals surface area (Å²) in [5, 5.41) is 8.37. The summed E-state index contributed by atoms with van der Waals surface area (Å²) in [4.78, 5) is 0. The first-order chi connectivity index (χ1) is 8.16. The normalized spacial score (nSPS) is 19.1. The predicted molar refractivity (Wildman–Crippen MR) is 68.3 cm³/mol. The van der Waals surface area contributed by atoms with Crippen molar-refractivity contribution in [3.8, 4) is 0 Å². The SMILES string of the molecule is CC(C)CC1(c2nnc(CCCl)o2)CCCC1. The zero-order chi connectivity index (χ0) is 12.3.